The largest absolute Gasteiger partial charge is 0.314 e. The minimum atomic E-state index is 0.0110. The summed E-state index contributed by atoms with van der Waals surface area (Å²) in [6, 6.07) is 4.58. The Labute approximate surface area is 114 Å². The van der Waals surface area contributed by atoms with Crippen LogP contribution < -0.4 is 5.32 Å². The monoisotopic (exact) mass is 258 g/mol. The van der Waals surface area contributed by atoms with Crippen LogP contribution in [-0.4, -0.2) is 27.1 Å². The van der Waals surface area contributed by atoms with Crippen LogP contribution in [0.5, 0.6) is 0 Å². The summed E-state index contributed by atoms with van der Waals surface area (Å²) in [4.78, 5) is 9.33. The Morgan fingerprint density at radius 1 is 1.42 bits per heavy atom. The number of aromatic nitrogens is 3. The first-order valence-electron chi connectivity index (χ1n) is 7.12. The Morgan fingerprint density at radius 2 is 2.26 bits per heavy atom. The normalized spacial score (nSPS) is 20.3. The number of nitrogens with one attached hydrogen (secondary N) is 1. The molecule has 1 unspecified atom stereocenters. The molecule has 1 aliphatic rings. The number of rotatable bonds is 2. The predicted octanol–water partition coefficient (Wildman–Crippen LogP) is 2.48. The molecule has 1 aliphatic heterocycles. The van der Waals surface area contributed by atoms with Crippen molar-refractivity contribution in [3.8, 4) is 0 Å². The van der Waals surface area contributed by atoms with E-state index in [1.165, 1.54) is 12.8 Å². The number of pyridine rings is 1. The summed E-state index contributed by atoms with van der Waals surface area (Å²) >= 11 is 0. The maximum atomic E-state index is 4.80. The van der Waals surface area contributed by atoms with Crippen LogP contribution in [0.15, 0.2) is 18.3 Å². The van der Waals surface area contributed by atoms with Crippen molar-refractivity contribution in [3.63, 3.8) is 0 Å². The van der Waals surface area contributed by atoms with Gasteiger partial charge in [-0.3, -0.25) is 0 Å². The van der Waals surface area contributed by atoms with E-state index in [4.69, 9.17) is 4.98 Å². The molecule has 2 aromatic heterocycles. The highest BCUT2D eigenvalue weighted by atomic mass is 15.2. The van der Waals surface area contributed by atoms with Gasteiger partial charge in [0.15, 0.2) is 5.65 Å². The molecule has 1 saturated heterocycles. The summed E-state index contributed by atoms with van der Waals surface area (Å²) in [6.07, 6.45) is 5.37. The number of hydrogen-bond acceptors (Lipinski definition) is 3. The first kappa shape index (κ1) is 12.6. The maximum Gasteiger partial charge on any atom is 0.160 e. The van der Waals surface area contributed by atoms with Crippen LogP contribution >= 0.6 is 0 Å². The Morgan fingerprint density at radius 3 is 2.95 bits per heavy atom. The summed E-state index contributed by atoms with van der Waals surface area (Å²) in [5.41, 5.74) is 2.02. The van der Waals surface area contributed by atoms with Crippen molar-refractivity contribution in [2.24, 2.45) is 0 Å². The van der Waals surface area contributed by atoms with Gasteiger partial charge in [0.2, 0.25) is 0 Å². The lowest BCUT2D eigenvalue weighted by atomic mass is 10.1. The quantitative estimate of drug-likeness (QED) is 0.900. The van der Waals surface area contributed by atoms with Gasteiger partial charge in [-0.2, -0.15) is 0 Å². The minimum absolute atomic E-state index is 0.0110. The second kappa shape index (κ2) is 4.60. The highest BCUT2D eigenvalue weighted by molar-refractivity contribution is 5.71. The van der Waals surface area contributed by atoms with Crippen molar-refractivity contribution in [1.29, 1.82) is 0 Å². The molecule has 0 bridgehead atoms. The van der Waals surface area contributed by atoms with E-state index in [1.54, 1.807) is 0 Å². The topological polar surface area (TPSA) is 42.7 Å². The molecular weight excluding hydrogens is 236 g/mol. The van der Waals surface area contributed by atoms with E-state index in [2.05, 4.69) is 41.7 Å². The molecule has 102 valence electrons. The van der Waals surface area contributed by atoms with E-state index in [9.17, 15) is 0 Å². The van der Waals surface area contributed by atoms with Gasteiger partial charge in [0.1, 0.15) is 11.3 Å². The van der Waals surface area contributed by atoms with Crippen LogP contribution in [0.3, 0.4) is 0 Å². The lowest BCUT2D eigenvalue weighted by molar-refractivity contribution is 0.385. The summed E-state index contributed by atoms with van der Waals surface area (Å²) in [6.45, 7) is 7.79. The second-order valence-electron chi connectivity index (χ2n) is 6.38. The standard InChI is InChI=1S/C15H22N4/c1-15(2,3)19-13(10-11-6-4-8-16-11)18-12-7-5-9-17-14(12)19/h5,7,9,11,16H,4,6,8,10H2,1-3H3. The number of nitrogens with zero attached hydrogens (tertiary/aromatic N) is 3. The summed E-state index contributed by atoms with van der Waals surface area (Å²) in [7, 11) is 0. The van der Waals surface area contributed by atoms with E-state index < -0.39 is 0 Å². The first-order chi connectivity index (χ1) is 9.05. The molecule has 0 saturated carbocycles. The van der Waals surface area contributed by atoms with Gasteiger partial charge in [0.25, 0.3) is 0 Å². The summed E-state index contributed by atoms with van der Waals surface area (Å²) < 4.78 is 2.29. The smallest absolute Gasteiger partial charge is 0.160 e. The third kappa shape index (κ3) is 2.37. The molecule has 0 radical (unpaired) electrons. The zero-order valence-corrected chi connectivity index (χ0v) is 12.0. The molecule has 3 heterocycles. The fourth-order valence-electron chi connectivity index (χ4n) is 2.95. The lowest BCUT2D eigenvalue weighted by Gasteiger charge is -2.25. The molecule has 4 heteroatoms. The average Bonchev–Trinajstić information content (AvgIpc) is 2.94. The van der Waals surface area contributed by atoms with Crippen LogP contribution in [-0.2, 0) is 12.0 Å². The van der Waals surface area contributed by atoms with Crippen molar-refractivity contribution < 1.29 is 0 Å². The van der Waals surface area contributed by atoms with Crippen molar-refractivity contribution in [2.45, 2.75) is 51.6 Å². The number of hydrogen-bond donors (Lipinski definition) is 1. The zero-order valence-electron chi connectivity index (χ0n) is 12.0. The molecule has 19 heavy (non-hydrogen) atoms. The third-order valence-electron chi connectivity index (χ3n) is 3.75. The zero-order chi connectivity index (χ0) is 13.5. The average molecular weight is 258 g/mol. The molecule has 1 atom stereocenters. The fourth-order valence-corrected chi connectivity index (χ4v) is 2.95. The van der Waals surface area contributed by atoms with Crippen LogP contribution in [0, 0.1) is 0 Å². The van der Waals surface area contributed by atoms with Crippen LogP contribution in [0.2, 0.25) is 0 Å². The van der Waals surface area contributed by atoms with Gasteiger partial charge in [-0.05, 0) is 52.3 Å². The molecule has 0 amide bonds. The van der Waals surface area contributed by atoms with E-state index in [0.29, 0.717) is 6.04 Å². The fraction of sp³-hybridized carbons (Fsp3) is 0.600. The van der Waals surface area contributed by atoms with E-state index in [0.717, 1.165) is 30.0 Å². The van der Waals surface area contributed by atoms with Gasteiger partial charge < -0.3 is 9.88 Å². The van der Waals surface area contributed by atoms with Gasteiger partial charge in [0.05, 0.1) is 0 Å². The highest BCUT2D eigenvalue weighted by Crippen LogP contribution is 2.25. The Balaban J connectivity index is 2.06. The Kier molecular flexibility index (Phi) is 3.05. The maximum absolute atomic E-state index is 4.80. The molecular formula is C15H22N4. The van der Waals surface area contributed by atoms with Gasteiger partial charge in [0, 0.05) is 24.2 Å². The Bertz CT molecular complexity index is 573. The van der Waals surface area contributed by atoms with Crippen LogP contribution in [0.1, 0.15) is 39.4 Å². The van der Waals surface area contributed by atoms with E-state index in [1.807, 2.05) is 12.3 Å². The third-order valence-corrected chi connectivity index (χ3v) is 3.75. The SMILES string of the molecule is CC(C)(C)n1c(CC2CCCN2)nc2cccnc21. The predicted molar refractivity (Wildman–Crippen MR) is 77.3 cm³/mol. The number of imidazole rings is 1. The van der Waals surface area contributed by atoms with Crippen molar-refractivity contribution in [3.05, 3.63) is 24.2 Å². The molecule has 0 aromatic carbocycles. The molecule has 1 N–H and O–H groups in total. The van der Waals surface area contributed by atoms with Crippen molar-refractivity contribution in [1.82, 2.24) is 19.9 Å². The molecule has 0 spiro atoms. The van der Waals surface area contributed by atoms with E-state index >= 15 is 0 Å². The number of fused-ring (bicyclic) bond motifs is 1. The van der Waals surface area contributed by atoms with Crippen molar-refractivity contribution >= 4 is 11.2 Å². The molecule has 2 aromatic rings. The molecule has 0 aliphatic carbocycles. The lowest BCUT2D eigenvalue weighted by Crippen LogP contribution is -2.29. The summed E-state index contributed by atoms with van der Waals surface area (Å²) in [5, 5.41) is 3.55. The van der Waals surface area contributed by atoms with Gasteiger partial charge in [-0.25, -0.2) is 9.97 Å². The van der Waals surface area contributed by atoms with Gasteiger partial charge >= 0.3 is 0 Å². The van der Waals surface area contributed by atoms with Crippen LogP contribution in [0.4, 0.5) is 0 Å². The van der Waals surface area contributed by atoms with Gasteiger partial charge in [-0.15, -0.1) is 0 Å². The molecule has 3 rings (SSSR count). The van der Waals surface area contributed by atoms with E-state index in [-0.39, 0.29) is 5.54 Å². The molecule has 1 fully saturated rings. The van der Waals surface area contributed by atoms with Gasteiger partial charge in [-0.1, -0.05) is 0 Å². The minimum Gasteiger partial charge on any atom is -0.314 e. The van der Waals surface area contributed by atoms with Crippen molar-refractivity contribution in [2.75, 3.05) is 6.54 Å². The summed E-state index contributed by atoms with van der Waals surface area (Å²) in [5.74, 6) is 1.15. The first-order valence-corrected chi connectivity index (χ1v) is 7.12. The molecule has 4 nitrogen and oxygen atoms in total. The second-order valence-corrected chi connectivity index (χ2v) is 6.38. The highest BCUT2D eigenvalue weighted by Gasteiger charge is 2.25. The Hall–Kier alpha value is -1.42. The van der Waals surface area contributed by atoms with Crippen LogP contribution in [0.25, 0.3) is 11.2 Å².